The molecule has 2 nitrogen and oxygen atoms in total. The Labute approximate surface area is 64.4 Å². The zero-order valence-electron chi connectivity index (χ0n) is 6.32. The van der Waals surface area contributed by atoms with Gasteiger partial charge in [-0.1, -0.05) is 0 Å². The number of halogens is 2. The van der Waals surface area contributed by atoms with E-state index in [1.165, 1.54) is 0 Å². The molecule has 0 bridgehead atoms. The third kappa shape index (κ3) is 2.10. The van der Waals surface area contributed by atoms with E-state index in [0.717, 1.165) is 0 Å². The molecule has 1 fully saturated rings. The molecule has 0 aromatic carbocycles. The molecule has 0 heterocycles. The molecule has 1 atom stereocenters. The first-order valence-corrected chi connectivity index (χ1v) is 3.75. The van der Waals surface area contributed by atoms with Crippen molar-refractivity contribution in [2.75, 3.05) is 6.61 Å². The van der Waals surface area contributed by atoms with E-state index in [2.05, 4.69) is 0 Å². The Morgan fingerprint density at radius 2 is 2.00 bits per heavy atom. The number of aliphatic hydroxyl groups excluding tert-OH is 1. The van der Waals surface area contributed by atoms with Gasteiger partial charge in [-0.15, -0.1) is 0 Å². The van der Waals surface area contributed by atoms with Crippen molar-refractivity contribution in [2.45, 2.75) is 37.1 Å². The van der Waals surface area contributed by atoms with Crippen molar-refractivity contribution in [1.82, 2.24) is 0 Å². The zero-order valence-corrected chi connectivity index (χ0v) is 6.32. The average molecular weight is 165 g/mol. The highest BCUT2D eigenvalue weighted by atomic mass is 19.3. The maximum Gasteiger partial charge on any atom is 0.250 e. The quantitative estimate of drug-likeness (QED) is 0.606. The summed E-state index contributed by atoms with van der Waals surface area (Å²) in [6, 6.07) is 0. The van der Waals surface area contributed by atoms with Crippen LogP contribution in [0, 0.1) is 0 Å². The molecule has 1 aliphatic carbocycles. The first-order chi connectivity index (χ1) is 4.97. The Balaban J connectivity index is 2.59. The summed E-state index contributed by atoms with van der Waals surface area (Å²) in [6.45, 7) is -0.345. The summed E-state index contributed by atoms with van der Waals surface area (Å²) in [6.07, 6.45) is 0.436. The van der Waals surface area contributed by atoms with E-state index in [4.69, 9.17) is 10.8 Å². The van der Waals surface area contributed by atoms with Gasteiger partial charge in [0.2, 0.25) is 5.92 Å². The second-order valence-corrected chi connectivity index (χ2v) is 3.41. The lowest BCUT2D eigenvalue weighted by molar-refractivity contribution is -0.0684. The van der Waals surface area contributed by atoms with E-state index < -0.39 is 11.5 Å². The average Bonchev–Trinajstić information content (AvgIpc) is 1.85. The number of nitrogens with two attached hydrogens (primary N) is 1. The van der Waals surface area contributed by atoms with Gasteiger partial charge in [0.05, 0.1) is 6.61 Å². The number of hydrogen-bond donors (Lipinski definition) is 2. The van der Waals surface area contributed by atoms with E-state index in [0.29, 0.717) is 12.8 Å². The standard InChI is InChI=1S/C7H13F2NO/c8-7(9)3-1-2-6(10,4-7)5-11/h11H,1-5,10H2. The molecule has 0 aromatic rings. The van der Waals surface area contributed by atoms with Crippen molar-refractivity contribution in [3.05, 3.63) is 0 Å². The largest absolute Gasteiger partial charge is 0.394 e. The van der Waals surface area contributed by atoms with Crippen LogP contribution in [0.25, 0.3) is 0 Å². The van der Waals surface area contributed by atoms with Gasteiger partial charge in [-0.05, 0) is 12.8 Å². The fourth-order valence-electron chi connectivity index (χ4n) is 1.53. The molecule has 1 unspecified atom stereocenters. The van der Waals surface area contributed by atoms with Gasteiger partial charge in [0, 0.05) is 18.4 Å². The molecule has 11 heavy (non-hydrogen) atoms. The predicted octanol–water partition coefficient (Wildman–Crippen LogP) is 0.885. The van der Waals surface area contributed by atoms with Crippen molar-refractivity contribution in [2.24, 2.45) is 5.73 Å². The van der Waals surface area contributed by atoms with Crippen LogP contribution in [-0.4, -0.2) is 23.2 Å². The maximum atomic E-state index is 12.7. The maximum absolute atomic E-state index is 12.7. The van der Waals surface area contributed by atoms with Gasteiger partial charge in [0.15, 0.2) is 0 Å². The summed E-state index contributed by atoms with van der Waals surface area (Å²) < 4.78 is 25.4. The summed E-state index contributed by atoms with van der Waals surface area (Å²) in [4.78, 5) is 0. The first kappa shape index (κ1) is 8.87. The summed E-state index contributed by atoms with van der Waals surface area (Å²) in [7, 11) is 0. The van der Waals surface area contributed by atoms with Gasteiger partial charge < -0.3 is 10.8 Å². The molecule has 3 N–H and O–H groups in total. The topological polar surface area (TPSA) is 46.2 Å². The monoisotopic (exact) mass is 165 g/mol. The van der Waals surface area contributed by atoms with E-state index in [1.807, 2.05) is 0 Å². The van der Waals surface area contributed by atoms with Gasteiger partial charge in [-0.3, -0.25) is 0 Å². The molecule has 66 valence electrons. The summed E-state index contributed by atoms with van der Waals surface area (Å²) in [5.74, 6) is -2.67. The zero-order chi connectivity index (χ0) is 8.54. The van der Waals surface area contributed by atoms with Crippen LogP contribution in [0.2, 0.25) is 0 Å². The van der Waals surface area contributed by atoms with Crippen molar-refractivity contribution in [1.29, 1.82) is 0 Å². The molecule has 0 radical (unpaired) electrons. The second kappa shape index (κ2) is 2.68. The van der Waals surface area contributed by atoms with Gasteiger partial charge in [-0.25, -0.2) is 8.78 Å². The molecule has 0 spiro atoms. The van der Waals surface area contributed by atoms with Gasteiger partial charge in [-0.2, -0.15) is 0 Å². The molecule has 1 aliphatic rings. The third-order valence-electron chi connectivity index (χ3n) is 2.14. The predicted molar refractivity (Wildman–Crippen MR) is 37.4 cm³/mol. The van der Waals surface area contributed by atoms with E-state index in [-0.39, 0.29) is 19.4 Å². The van der Waals surface area contributed by atoms with Crippen LogP contribution in [-0.2, 0) is 0 Å². The SMILES string of the molecule is NC1(CO)CCCC(F)(F)C1. The number of rotatable bonds is 1. The van der Waals surface area contributed by atoms with E-state index in [9.17, 15) is 8.78 Å². The Hall–Kier alpha value is -0.220. The highest BCUT2D eigenvalue weighted by Gasteiger charge is 2.42. The molecule has 0 amide bonds. The summed E-state index contributed by atoms with van der Waals surface area (Å²) in [5, 5.41) is 8.72. The highest BCUT2D eigenvalue weighted by Crippen LogP contribution is 2.37. The molecule has 1 rings (SSSR count). The van der Waals surface area contributed by atoms with Crippen molar-refractivity contribution in [3.63, 3.8) is 0 Å². The van der Waals surface area contributed by atoms with Crippen LogP contribution < -0.4 is 5.73 Å². The van der Waals surface area contributed by atoms with Crippen LogP contribution in [0.3, 0.4) is 0 Å². The molecule has 0 aromatic heterocycles. The Morgan fingerprint density at radius 3 is 2.36 bits per heavy atom. The van der Waals surface area contributed by atoms with Crippen molar-refractivity contribution >= 4 is 0 Å². The second-order valence-electron chi connectivity index (χ2n) is 3.41. The fraction of sp³-hybridized carbons (Fsp3) is 1.00. The minimum atomic E-state index is -2.67. The lowest BCUT2D eigenvalue weighted by atomic mass is 9.81. The lowest BCUT2D eigenvalue weighted by Crippen LogP contribution is -2.50. The van der Waals surface area contributed by atoms with E-state index in [1.54, 1.807) is 0 Å². The lowest BCUT2D eigenvalue weighted by Gasteiger charge is -2.36. The number of alkyl halides is 2. The molecule has 0 aliphatic heterocycles. The molecule has 4 heteroatoms. The Bertz CT molecular complexity index is 151. The van der Waals surface area contributed by atoms with Crippen LogP contribution in [0.4, 0.5) is 8.78 Å². The van der Waals surface area contributed by atoms with Crippen molar-refractivity contribution in [3.8, 4) is 0 Å². The van der Waals surface area contributed by atoms with Crippen LogP contribution in [0.1, 0.15) is 25.7 Å². The molecular formula is C7H13F2NO. The molecular weight excluding hydrogens is 152 g/mol. The number of hydrogen-bond acceptors (Lipinski definition) is 2. The summed E-state index contributed by atoms with van der Waals surface area (Å²) in [5.41, 5.74) is 4.46. The smallest absolute Gasteiger partial charge is 0.250 e. The van der Waals surface area contributed by atoms with E-state index >= 15 is 0 Å². The number of aliphatic hydroxyl groups is 1. The third-order valence-corrected chi connectivity index (χ3v) is 2.14. The fourth-order valence-corrected chi connectivity index (χ4v) is 1.53. The normalized spacial score (nSPS) is 37.1. The minimum absolute atomic E-state index is 0.0913. The van der Waals surface area contributed by atoms with Crippen LogP contribution in [0.5, 0.6) is 0 Å². The van der Waals surface area contributed by atoms with Gasteiger partial charge >= 0.3 is 0 Å². The first-order valence-electron chi connectivity index (χ1n) is 3.75. The summed E-state index contributed by atoms with van der Waals surface area (Å²) >= 11 is 0. The Morgan fingerprint density at radius 1 is 1.36 bits per heavy atom. The Kier molecular flexibility index (Phi) is 2.16. The van der Waals surface area contributed by atoms with Gasteiger partial charge in [0.1, 0.15) is 0 Å². The molecule has 1 saturated carbocycles. The van der Waals surface area contributed by atoms with Crippen LogP contribution in [0.15, 0.2) is 0 Å². The van der Waals surface area contributed by atoms with Crippen LogP contribution >= 0.6 is 0 Å². The van der Waals surface area contributed by atoms with Gasteiger partial charge in [0.25, 0.3) is 0 Å². The minimum Gasteiger partial charge on any atom is -0.394 e. The molecule has 0 saturated heterocycles. The van der Waals surface area contributed by atoms with Crippen molar-refractivity contribution < 1.29 is 13.9 Å². The highest BCUT2D eigenvalue weighted by molar-refractivity contribution is 4.93.